The minimum absolute atomic E-state index is 0.0309. The van der Waals surface area contributed by atoms with Crippen LogP contribution in [0.2, 0.25) is 0 Å². The van der Waals surface area contributed by atoms with E-state index in [4.69, 9.17) is 17.0 Å². The van der Waals surface area contributed by atoms with Crippen LogP contribution >= 0.6 is 28.1 Å². The summed E-state index contributed by atoms with van der Waals surface area (Å²) in [5, 5.41) is 5.72. The summed E-state index contributed by atoms with van der Waals surface area (Å²) < 4.78 is 34.7. The Balaban J connectivity index is 1.41. The van der Waals surface area contributed by atoms with Crippen LogP contribution < -0.4 is 19.7 Å². The highest BCUT2D eigenvalue weighted by atomic mass is 79.9. The van der Waals surface area contributed by atoms with Gasteiger partial charge in [0.15, 0.2) is 5.11 Å². The number of fused-ring (bicyclic) bond motifs is 1. The van der Waals surface area contributed by atoms with Gasteiger partial charge in [0.25, 0.3) is 15.9 Å². The fraction of sp³-hybridized carbons (Fsp3) is 0.286. The van der Waals surface area contributed by atoms with Gasteiger partial charge >= 0.3 is 0 Å². The highest BCUT2D eigenvalue weighted by molar-refractivity contribution is 9.10. The summed E-state index contributed by atoms with van der Waals surface area (Å²) in [6.45, 7) is 4.52. The monoisotopic (exact) mass is 615 g/mol. The van der Waals surface area contributed by atoms with Crippen molar-refractivity contribution in [2.75, 3.05) is 16.2 Å². The maximum Gasteiger partial charge on any atom is 0.264 e. The number of para-hydroxylation sites is 1. The second-order valence-corrected chi connectivity index (χ2v) is 12.3. The molecule has 0 saturated carbocycles. The topological polar surface area (TPSA) is 87.7 Å². The number of sulfonamides is 1. The van der Waals surface area contributed by atoms with E-state index in [0.717, 1.165) is 29.3 Å². The van der Waals surface area contributed by atoms with Gasteiger partial charge in [-0.25, -0.2) is 8.42 Å². The third kappa shape index (κ3) is 6.54. The number of thiocarbonyl (C=S) groups is 1. The zero-order valence-electron chi connectivity index (χ0n) is 21.2. The maximum atomic E-state index is 13.2. The average Bonchev–Trinajstić information content (AvgIpc) is 3.34. The lowest BCUT2D eigenvalue weighted by molar-refractivity contribution is 0.0970. The summed E-state index contributed by atoms with van der Waals surface area (Å²) in [5.41, 5.74) is 2.65. The summed E-state index contributed by atoms with van der Waals surface area (Å²) in [6.07, 6.45) is 3.66. The summed E-state index contributed by atoms with van der Waals surface area (Å²) in [5.74, 6) is 0.0727. The van der Waals surface area contributed by atoms with E-state index in [2.05, 4.69) is 33.5 Å². The average molecular weight is 617 g/mol. The quantitative estimate of drug-likeness (QED) is 0.275. The van der Waals surface area contributed by atoms with Crippen molar-refractivity contribution in [3.8, 4) is 5.75 Å². The Bertz CT molecular complexity index is 1430. The van der Waals surface area contributed by atoms with Crippen molar-refractivity contribution < 1.29 is 17.9 Å². The van der Waals surface area contributed by atoms with Gasteiger partial charge in [-0.15, -0.1) is 0 Å². The number of anilines is 2. The minimum Gasteiger partial charge on any atom is -0.490 e. The lowest BCUT2D eigenvalue weighted by atomic mass is 10.1. The SMILES string of the molecule is CCCCC(C)Oc1ccc(Br)cc1C(=O)NC(=S)Nc1ccc(S(=O)(=O)N2CCc3ccccc32)cc1. The maximum absolute atomic E-state index is 13.2. The lowest BCUT2D eigenvalue weighted by Crippen LogP contribution is -2.34. The van der Waals surface area contributed by atoms with Crippen LogP contribution in [-0.2, 0) is 16.4 Å². The molecule has 0 bridgehead atoms. The zero-order valence-corrected chi connectivity index (χ0v) is 24.5. The van der Waals surface area contributed by atoms with Crippen LogP contribution in [0.4, 0.5) is 11.4 Å². The predicted octanol–water partition coefficient (Wildman–Crippen LogP) is 6.28. The first-order valence-corrected chi connectivity index (χ1v) is 15.1. The van der Waals surface area contributed by atoms with Crippen molar-refractivity contribution in [2.24, 2.45) is 0 Å². The molecule has 0 saturated heterocycles. The first-order chi connectivity index (χ1) is 18.2. The molecule has 1 aliphatic heterocycles. The van der Waals surface area contributed by atoms with Gasteiger partial charge in [0.05, 0.1) is 22.3 Å². The number of carbonyl (C=O) groups excluding carboxylic acids is 1. The number of hydrogen-bond donors (Lipinski definition) is 2. The standard InChI is InChI=1S/C28H30BrN3O4S2/c1-3-4-7-19(2)36-26-15-10-21(29)18-24(26)27(33)31-28(37)30-22-11-13-23(14-12-22)38(34,35)32-17-16-20-8-5-6-9-25(20)32/h5-6,8-15,18-19H,3-4,7,16-17H2,1-2H3,(H2,30,31,33,37). The van der Waals surface area contributed by atoms with Gasteiger partial charge in [-0.2, -0.15) is 0 Å². The van der Waals surface area contributed by atoms with Gasteiger partial charge in [0, 0.05) is 16.7 Å². The second kappa shape index (κ2) is 12.3. The molecule has 1 aliphatic rings. The first kappa shape index (κ1) is 28.1. The fourth-order valence-electron chi connectivity index (χ4n) is 4.28. The number of halogens is 1. The van der Waals surface area contributed by atoms with Crippen LogP contribution in [-0.4, -0.2) is 32.1 Å². The first-order valence-electron chi connectivity index (χ1n) is 12.5. The Labute approximate surface area is 237 Å². The number of carbonyl (C=O) groups is 1. The fourth-order valence-corrected chi connectivity index (χ4v) is 6.35. The van der Waals surface area contributed by atoms with E-state index >= 15 is 0 Å². The molecule has 1 unspecified atom stereocenters. The van der Waals surface area contributed by atoms with Crippen molar-refractivity contribution in [1.29, 1.82) is 0 Å². The van der Waals surface area contributed by atoms with Crippen LogP contribution in [0.3, 0.4) is 0 Å². The molecule has 1 amide bonds. The van der Waals surface area contributed by atoms with Gasteiger partial charge in [-0.3, -0.25) is 14.4 Å². The highest BCUT2D eigenvalue weighted by Crippen LogP contribution is 2.33. The highest BCUT2D eigenvalue weighted by Gasteiger charge is 2.30. The van der Waals surface area contributed by atoms with Crippen LogP contribution in [0.5, 0.6) is 5.75 Å². The number of hydrogen-bond acceptors (Lipinski definition) is 5. The van der Waals surface area contributed by atoms with Gasteiger partial charge in [0.1, 0.15) is 5.75 Å². The van der Waals surface area contributed by atoms with Crippen molar-refractivity contribution in [3.63, 3.8) is 0 Å². The molecule has 4 rings (SSSR count). The molecule has 7 nitrogen and oxygen atoms in total. The summed E-state index contributed by atoms with van der Waals surface area (Å²) in [6, 6.07) is 19.1. The van der Waals surface area contributed by atoms with E-state index in [9.17, 15) is 13.2 Å². The third-order valence-corrected chi connectivity index (χ3v) is 8.78. The molecule has 3 aromatic carbocycles. The van der Waals surface area contributed by atoms with Crippen LogP contribution in [0.25, 0.3) is 0 Å². The van der Waals surface area contributed by atoms with Crippen molar-refractivity contribution in [2.45, 2.75) is 50.5 Å². The van der Waals surface area contributed by atoms with Crippen molar-refractivity contribution >= 4 is 60.6 Å². The Kier molecular flexibility index (Phi) is 9.07. The zero-order chi connectivity index (χ0) is 27.3. The molecule has 10 heteroatoms. The van der Waals surface area contributed by atoms with E-state index in [1.54, 1.807) is 24.3 Å². The van der Waals surface area contributed by atoms with Crippen LogP contribution in [0, 0.1) is 0 Å². The molecule has 0 aliphatic carbocycles. The summed E-state index contributed by atoms with van der Waals surface area (Å²) >= 11 is 8.76. The second-order valence-electron chi connectivity index (χ2n) is 9.10. The van der Waals surface area contributed by atoms with Crippen LogP contribution in [0.15, 0.2) is 76.1 Å². The Morgan fingerprint density at radius 3 is 2.61 bits per heavy atom. The molecule has 1 heterocycles. The molecular formula is C28H30BrN3O4S2. The van der Waals surface area contributed by atoms with Gasteiger partial charge < -0.3 is 10.1 Å². The van der Waals surface area contributed by atoms with E-state index in [0.29, 0.717) is 35.7 Å². The molecule has 0 fully saturated rings. The summed E-state index contributed by atoms with van der Waals surface area (Å²) in [7, 11) is -3.69. The number of rotatable bonds is 9. The van der Waals surface area contributed by atoms with E-state index < -0.39 is 15.9 Å². The van der Waals surface area contributed by atoms with E-state index in [1.807, 2.05) is 37.3 Å². The molecule has 0 aromatic heterocycles. The molecule has 200 valence electrons. The molecule has 0 radical (unpaired) electrons. The molecule has 0 spiro atoms. The van der Waals surface area contributed by atoms with Gasteiger partial charge in [-0.1, -0.05) is 53.9 Å². The van der Waals surface area contributed by atoms with Gasteiger partial charge in [-0.05, 0) is 86.1 Å². The van der Waals surface area contributed by atoms with Crippen molar-refractivity contribution in [3.05, 3.63) is 82.3 Å². The smallest absolute Gasteiger partial charge is 0.264 e. The molecule has 2 N–H and O–H groups in total. The number of nitrogens with one attached hydrogen (secondary N) is 2. The van der Waals surface area contributed by atoms with Crippen molar-refractivity contribution in [1.82, 2.24) is 5.32 Å². The largest absolute Gasteiger partial charge is 0.490 e. The molecule has 1 atom stereocenters. The van der Waals surface area contributed by atoms with E-state index in [-0.39, 0.29) is 16.1 Å². The summed E-state index contributed by atoms with van der Waals surface area (Å²) in [4.78, 5) is 13.2. The number of nitrogens with zero attached hydrogens (tertiary/aromatic N) is 1. The Hall–Kier alpha value is -2.95. The number of ether oxygens (including phenoxy) is 1. The Morgan fingerprint density at radius 2 is 1.87 bits per heavy atom. The van der Waals surface area contributed by atoms with Crippen LogP contribution in [0.1, 0.15) is 49.0 Å². The van der Waals surface area contributed by atoms with E-state index in [1.165, 1.54) is 16.4 Å². The third-order valence-electron chi connectivity index (χ3n) is 6.25. The Morgan fingerprint density at radius 1 is 1.13 bits per heavy atom. The molecule has 38 heavy (non-hydrogen) atoms. The number of amides is 1. The molecule has 3 aromatic rings. The molecular weight excluding hydrogens is 586 g/mol. The minimum atomic E-state index is -3.69. The normalized spacial score (nSPS) is 13.5. The number of benzene rings is 3. The van der Waals surface area contributed by atoms with Gasteiger partial charge in [0.2, 0.25) is 0 Å². The predicted molar refractivity (Wildman–Crippen MR) is 159 cm³/mol. The number of unbranched alkanes of at least 4 members (excludes halogenated alkanes) is 1. The lowest BCUT2D eigenvalue weighted by Gasteiger charge is -2.20.